The fraction of sp³-hybridized carbons (Fsp3) is 0.389. The van der Waals surface area contributed by atoms with Crippen molar-refractivity contribution in [1.29, 1.82) is 0 Å². The number of halogens is 1. The number of ether oxygens (including phenoxy) is 1. The summed E-state index contributed by atoms with van der Waals surface area (Å²) in [6, 6.07) is 7.45. The Bertz CT molecular complexity index is 822. The van der Waals surface area contributed by atoms with Crippen LogP contribution in [0.2, 0.25) is 5.02 Å². The van der Waals surface area contributed by atoms with E-state index in [0.717, 1.165) is 5.56 Å². The minimum atomic E-state index is -1.04. The van der Waals surface area contributed by atoms with Crippen LogP contribution < -0.4 is 0 Å². The molecule has 1 N–H and O–H groups in total. The summed E-state index contributed by atoms with van der Waals surface area (Å²) in [7, 11) is 1.47. The zero-order valence-electron chi connectivity index (χ0n) is 14.4. The molecule has 2 aromatic rings. The number of hydrogen-bond donors (Lipinski definition) is 1. The Labute approximate surface area is 156 Å². The van der Waals surface area contributed by atoms with Crippen LogP contribution in [0, 0.1) is 5.41 Å². The number of aliphatic carboxylic acids is 1. The second kappa shape index (κ2) is 7.47. The molecular formula is C18H20ClN3O4. The van der Waals surface area contributed by atoms with Crippen LogP contribution in [-0.4, -0.2) is 58.5 Å². The lowest BCUT2D eigenvalue weighted by atomic mass is 9.88. The highest BCUT2D eigenvalue weighted by Gasteiger charge is 2.46. The minimum absolute atomic E-state index is 0.0812. The molecule has 0 saturated carbocycles. The average Bonchev–Trinajstić information content (AvgIpc) is 3.25. The van der Waals surface area contributed by atoms with Gasteiger partial charge < -0.3 is 14.7 Å². The van der Waals surface area contributed by atoms with E-state index in [1.54, 1.807) is 21.8 Å². The largest absolute Gasteiger partial charge is 0.481 e. The van der Waals surface area contributed by atoms with Crippen molar-refractivity contribution in [2.45, 2.75) is 13.0 Å². The first kappa shape index (κ1) is 18.4. The molecule has 1 fully saturated rings. The summed E-state index contributed by atoms with van der Waals surface area (Å²) in [5.74, 6) is -1.17. The molecule has 1 unspecified atom stereocenters. The second-order valence-electron chi connectivity index (χ2n) is 6.51. The smallest absolute Gasteiger partial charge is 0.313 e. The van der Waals surface area contributed by atoms with Crippen molar-refractivity contribution < 1.29 is 19.4 Å². The Morgan fingerprint density at radius 1 is 1.38 bits per heavy atom. The van der Waals surface area contributed by atoms with Gasteiger partial charge in [0, 0.05) is 31.4 Å². The Morgan fingerprint density at radius 3 is 2.85 bits per heavy atom. The number of carbonyl (C=O) groups is 2. The van der Waals surface area contributed by atoms with Gasteiger partial charge in [0.25, 0.3) is 5.91 Å². The quantitative estimate of drug-likeness (QED) is 0.833. The number of nitrogens with zero attached hydrogens (tertiary/aromatic N) is 3. The highest BCUT2D eigenvalue weighted by atomic mass is 35.5. The maximum absolute atomic E-state index is 12.7. The van der Waals surface area contributed by atoms with E-state index < -0.39 is 11.4 Å². The third-order valence-corrected chi connectivity index (χ3v) is 5.05. The summed E-state index contributed by atoms with van der Waals surface area (Å²) in [4.78, 5) is 25.9. The predicted molar refractivity (Wildman–Crippen MR) is 95.2 cm³/mol. The summed E-state index contributed by atoms with van der Waals surface area (Å²) in [6.07, 6.45) is 3.52. The van der Waals surface area contributed by atoms with Crippen LogP contribution in [0.25, 0.3) is 0 Å². The molecule has 1 amide bonds. The number of carboxylic acids is 1. The van der Waals surface area contributed by atoms with E-state index >= 15 is 0 Å². The van der Waals surface area contributed by atoms with Gasteiger partial charge in [0.15, 0.2) is 0 Å². The number of hydrogen-bond acceptors (Lipinski definition) is 4. The first-order chi connectivity index (χ1) is 12.4. The van der Waals surface area contributed by atoms with Crippen molar-refractivity contribution in [3.05, 3.63) is 52.8 Å². The first-order valence-corrected chi connectivity index (χ1v) is 8.60. The van der Waals surface area contributed by atoms with Gasteiger partial charge in [-0.05, 0) is 18.1 Å². The zero-order valence-corrected chi connectivity index (χ0v) is 15.1. The minimum Gasteiger partial charge on any atom is -0.481 e. The molecule has 1 aliphatic rings. The van der Waals surface area contributed by atoms with Gasteiger partial charge in [0.05, 0.1) is 24.9 Å². The lowest BCUT2D eigenvalue weighted by Crippen LogP contribution is -2.40. The average molecular weight is 378 g/mol. The van der Waals surface area contributed by atoms with Gasteiger partial charge in [-0.1, -0.05) is 29.8 Å². The normalized spacial score (nSPS) is 19.7. The van der Waals surface area contributed by atoms with E-state index in [9.17, 15) is 14.7 Å². The zero-order chi connectivity index (χ0) is 18.7. The van der Waals surface area contributed by atoms with Crippen LogP contribution in [0.3, 0.4) is 0 Å². The number of carboxylic acid groups (broad SMARTS) is 1. The van der Waals surface area contributed by atoms with E-state index in [0.29, 0.717) is 30.1 Å². The molecule has 26 heavy (non-hydrogen) atoms. The van der Waals surface area contributed by atoms with Crippen LogP contribution in [0.5, 0.6) is 0 Å². The molecule has 1 atom stereocenters. The Kier molecular flexibility index (Phi) is 5.29. The van der Waals surface area contributed by atoms with Crippen molar-refractivity contribution in [3.8, 4) is 0 Å². The Balaban J connectivity index is 1.71. The van der Waals surface area contributed by atoms with Gasteiger partial charge in [-0.15, -0.1) is 0 Å². The molecule has 0 spiro atoms. The van der Waals surface area contributed by atoms with Crippen molar-refractivity contribution in [2.24, 2.45) is 5.41 Å². The standard InChI is InChI=1S/C18H20ClN3O4/c1-26-12-18(17(24)25)6-7-21(11-18)16(23)14-8-20-22(10-14)9-13-4-2-3-5-15(13)19/h2-5,8,10H,6-7,9,11-12H2,1H3,(H,24,25). The van der Waals surface area contributed by atoms with Gasteiger partial charge in [0.2, 0.25) is 0 Å². The van der Waals surface area contributed by atoms with Gasteiger partial charge in [-0.2, -0.15) is 5.10 Å². The predicted octanol–water partition coefficient (Wildman–Crippen LogP) is 2.15. The Hall–Kier alpha value is -2.38. The van der Waals surface area contributed by atoms with E-state index in [-0.39, 0.29) is 19.1 Å². The van der Waals surface area contributed by atoms with Gasteiger partial charge >= 0.3 is 5.97 Å². The van der Waals surface area contributed by atoms with Crippen LogP contribution in [0.4, 0.5) is 0 Å². The molecule has 0 bridgehead atoms. The van der Waals surface area contributed by atoms with Crippen LogP contribution in [-0.2, 0) is 16.1 Å². The van der Waals surface area contributed by atoms with E-state index in [1.165, 1.54) is 13.3 Å². The topological polar surface area (TPSA) is 84.7 Å². The Morgan fingerprint density at radius 2 is 2.15 bits per heavy atom. The molecule has 1 aromatic heterocycles. The van der Waals surface area contributed by atoms with E-state index in [1.807, 2.05) is 18.2 Å². The summed E-state index contributed by atoms with van der Waals surface area (Å²) >= 11 is 6.15. The highest BCUT2D eigenvalue weighted by molar-refractivity contribution is 6.31. The number of likely N-dealkylation sites (tertiary alicyclic amines) is 1. The summed E-state index contributed by atoms with van der Waals surface area (Å²) in [5, 5.41) is 14.4. The number of benzene rings is 1. The number of methoxy groups -OCH3 is 1. The lowest BCUT2D eigenvalue weighted by Gasteiger charge is -2.23. The lowest BCUT2D eigenvalue weighted by molar-refractivity contribution is -0.151. The molecule has 0 aliphatic carbocycles. The number of rotatable bonds is 6. The molecule has 1 aromatic carbocycles. The number of aromatic nitrogens is 2. The molecule has 3 rings (SSSR count). The monoisotopic (exact) mass is 377 g/mol. The van der Waals surface area contributed by atoms with Crippen molar-refractivity contribution in [2.75, 3.05) is 26.8 Å². The molecule has 0 radical (unpaired) electrons. The maximum Gasteiger partial charge on any atom is 0.313 e. The maximum atomic E-state index is 12.7. The molecule has 8 heteroatoms. The van der Waals surface area contributed by atoms with Crippen LogP contribution in [0.15, 0.2) is 36.7 Å². The molecule has 2 heterocycles. The SMILES string of the molecule is COCC1(C(=O)O)CCN(C(=O)c2cnn(Cc3ccccc3Cl)c2)C1. The van der Waals surface area contributed by atoms with Crippen molar-refractivity contribution >= 4 is 23.5 Å². The fourth-order valence-electron chi connectivity index (χ4n) is 3.22. The first-order valence-electron chi connectivity index (χ1n) is 8.23. The number of amides is 1. The summed E-state index contributed by atoms with van der Waals surface area (Å²) in [5.41, 5.74) is 0.288. The summed E-state index contributed by atoms with van der Waals surface area (Å²) < 4.78 is 6.70. The van der Waals surface area contributed by atoms with Crippen molar-refractivity contribution in [1.82, 2.24) is 14.7 Å². The van der Waals surface area contributed by atoms with E-state index in [4.69, 9.17) is 16.3 Å². The van der Waals surface area contributed by atoms with Gasteiger partial charge in [-0.25, -0.2) is 0 Å². The van der Waals surface area contributed by atoms with Gasteiger partial charge in [-0.3, -0.25) is 14.3 Å². The summed E-state index contributed by atoms with van der Waals surface area (Å²) in [6.45, 7) is 1.04. The van der Waals surface area contributed by atoms with Crippen LogP contribution >= 0.6 is 11.6 Å². The molecule has 138 valence electrons. The van der Waals surface area contributed by atoms with Crippen LogP contribution in [0.1, 0.15) is 22.3 Å². The fourth-order valence-corrected chi connectivity index (χ4v) is 3.42. The van der Waals surface area contributed by atoms with Crippen molar-refractivity contribution in [3.63, 3.8) is 0 Å². The van der Waals surface area contributed by atoms with Gasteiger partial charge in [0.1, 0.15) is 5.41 Å². The van der Waals surface area contributed by atoms with E-state index in [2.05, 4.69) is 5.10 Å². The molecule has 1 saturated heterocycles. The highest BCUT2D eigenvalue weighted by Crippen LogP contribution is 2.32. The molecular weight excluding hydrogens is 358 g/mol. The number of carbonyl (C=O) groups excluding carboxylic acids is 1. The third kappa shape index (κ3) is 3.59. The molecule has 1 aliphatic heterocycles. The second-order valence-corrected chi connectivity index (χ2v) is 6.92. The molecule has 7 nitrogen and oxygen atoms in total. The third-order valence-electron chi connectivity index (χ3n) is 4.69.